The van der Waals surface area contributed by atoms with Crippen molar-refractivity contribution in [3.63, 3.8) is 0 Å². The van der Waals surface area contributed by atoms with Gasteiger partial charge in [-0.1, -0.05) is 19.1 Å². The normalized spacial score (nSPS) is 24.6. The summed E-state index contributed by atoms with van der Waals surface area (Å²) in [7, 11) is 0. The van der Waals surface area contributed by atoms with E-state index < -0.39 is 0 Å². The van der Waals surface area contributed by atoms with E-state index in [1.165, 1.54) is 37.1 Å². The average Bonchev–Trinajstić information content (AvgIpc) is 2.73. The van der Waals surface area contributed by atoms with Crippen molar-refractivity contribution in [1.82, 2.24) is 20.3 Å². The first-order valence-corrected chi connectivity index (χ1v) is 6.79. The lowest BCUT2D eigenvalue weighted by Gasteiger charge is -2.34. The van der Waals surface area contributed by atoms with Crippen LogP contribution in [0, 0.1) is 5.41 Å². The van der Waals surface area contributed by atoms with Gasteiger partial charge < -0.3 is 5.32 Å². The van der Waals surface area contributed by atoms with Gasteiger partial charge in [0.15, 0.2) is 0 Å². The molecule has 94 valence electrons. The highest BCUT2D eigenvalue weighted by Crippen LogP contribution is 2.40. The first-order chi connectivity index (χ1) is 8.16. The van der Waals surface area contributed by atoms with E-state index in [4.69, 9.17) is 0 Å². The molecule has 0 radical (unpaired) electrons. The first-order valence-electron chi connectivity index (χ1n) is 6.79. The summed E-state index contributed by atoms with van der Waals surface area (Å²) in [6.45, 7) is 6.72. The molecular weight excluding hydrogens is 212 g/mol. The van der Waals surface area contributed by atoms with Crippen molar-refractivity contribution < 1.29 is 0 Å². The topological polar surface area (TPSA) is 42.7 Å². The largest absolute Gasteiger partial charge is 0.311 e. The lowest BCUT2D eigenvalue weighted by atomic mass is 9.75. The Balaban J connectivity index is 1.79. The Kier molecular flexibility index (Phi) is 2.69. The molecule has 1 aromatic rings. The van der Waals surface area contributed by atoms with Crippen molar-refractivity contribution in [3.8, 4) is 0 Å². The van der Waals surface area contributed by atoms with Crippen molar-refractivity contribution in [2.75, 3.05) is 6.54 Å². The third-order valence-corrected chi connectivity index (χ3v) is 4.36. The highest BCUT2D eigenvalue weighted by molar-refractivity contribution is 5.14. The minimum Gasteiger partial charge on any atom is -0.311 e. The van der Waals surface area contributed by atoms with Gasteiger partial charge in [0.1, 0.15) is 0 Å². The van der Waals surface area contributed by atoms with Gasteiger partial charge in [-0.25, -0.2) is 4.68 Å². The molecule has 1 aliphatic heterocycles. The van der Waals surface area contributed by atoms with Crippen LogP contribution in [0.15, 0.2) is 0 Å². The molecule has 1 aliphatic carbocycles. The number of nitrogens with one attached hydrogen (secondary N) is 1. The molecule has 0 spiro atoms. The Morgan fingerprint density at radius 1 is 1.29 bits per heavy atom. The standard InChI is InChI=1S/C13H22N4/c1-13(2)6-3-10(4-7-13)17-12-5-8-14-9-11(12)15-16-17/h10,14H,3-9H2,1-2H3. The van der Waals surface area contributed by atoms with E-state index in [1.54, 1.807) is 0 Å². The Hall–Kier alpha value is -0.900. The Morgan fingerprint density at radius 3 is 2.82 bits per heavy atom. The minimum absolute atomic E-state index is 0.526. The summed E-state index contributed by atoms with van der Waals surface area (Å²) in [5, 5.41) is 12.1. The van der Waals surface area contributed by atoms with Gasteiger partial charge in [-0.2, -0.15) is 0 Å². The number of hydrogen-bond donors (Lipinski definition) is 1. The van der Waals surface area contributed by atoms with Gasteiger partial charge in [0.05, 0.1) is 17.4 Å². The molecule has 0 aromatic carbocycles. The van der Waals surface area contributed by atoms with Crippen molar-refractivity contribution in [3.05, 3.63) is 11.4 Å². The summed E-state index contributed by atoms with van der Waals surface area (Å²) < 4.78 is 2.23. The van der Waals surface area contributed by atoms with Crippen LogP contribution in [-0.2, 0) is 13.0 Å². The Labute approximate surface area is 103 Å². The summed E-state index contributed by atoms with van der Waals surface area (Å²) in [5.74, 6) is 0. The zero-order chi connectivity index (χ0) is 11.9. The highest BCUT2D eigenvalue weighted by atomic mass is 15.4. The van der Waals surface area contributed by atoms with E-state index >= 15 is 0 Å². The van der Waals surface area contributed by atoms with Gasteiger partial charge in [-0.05, 0) is 31.1 Å². The summed E-state index contributed by atoms with van der Waals surface area (Å²) in [6, 6.07) is 0.595. The zero-order valence-corrected chi connectivity index (χ0v) is 10.9. The third kappa shape index (κ3) is 2.10. The maximum Gasteiger partial charge on any atom is 0.0997 e. The van der Waals surface area contributed by atoms with Crippen molar-refractivity contribution in [2.45, 2.75) is 58.5 Å². The van der Waals surface area contributed by atoms with E-state index in [9.17, 15) is 0 Å². The van der Waals surface area contributed by atoms with Crippen molar-refractivity contribution in [2.24, 2.45) is 5.41 Å². The average molecular weight is 234 g/mol. The molecule has 17 heavy (non-hydrogen) atoms. The van der Waals surface area contributed by atoms with Crippen molar-refractivity contribution in [1.29, 1.82) is 0 Å². The number of aromatic nitrogens is 3. The van der Waals surface area contributed by atoms with Crippen LogP contribution in [0.2, 0.25) is 0 Å². The van der Waals surface area contributed by atoms with Crippen LogP contribution in [0.5, 0.6) is 0 Å². The van der Waals surface area contributed by atoms with Crippen molar-refractivity contribution >= 4 is 0 Å². The quantitative estimate of drug-likeness (QED) is 0.809. The summed E-state index contributed by atoms with van der Waals surface area (Å²) in [4.78, 5) is 0. The molecular formula is C13H22N4. The lowest BCUT2D eigenvalue weighted by molar-refractivity contribution is 0.182. The summed E-state index contributed by atoms with van der Waals surface area (Å²) in [5.41, 5.74) is 3.08. The van der Waals surface area contributed by atoms with Crippen LogP contribution < -0.4 is 5.32 Å². The monoisotopic (exact) mass is 234 g/mol. The molecule has 2 heterocycles. The SMILES string of the molecule is CC1(C)CCC(n2nnc3c2CCNC3)CC1. The molecule has 0 bridgehead atoms. The van der Waals surface area contributed by atoms with Crippen LogP contribution in [0.25, 0.3) is 0 Å². The fraction of sp³-hybridized carbons (Fsp3) is 0.846. The van der Waals surface area contributed by atoms with Gasteiger partial charge in [-0.3, -0.25) is 0 Å². The van der Waals surface area contributed by atoms with Crippen LogP contribution >= 0.6 is 0 Å². The maximum atomic E-state index is 4.40. The van der Waals surface area contributed by atoms with Gasteiger partial charge >= 0.3 is 0 Å². The fourth-order valence-corrected chi connectivity index (χ4v) is 3.08. The second-order valence-electron chi connectivity index (χ2n) is 6.25. The second kappa shape index (κ2) is 4.09. The molecule has 3 rings (SSSR count). The van der Waals surface area contributed by atoms with Crippen LogP contribution in [0.1, 0.15) is 57.0 Å². The molecule has 0 saturated heterocycles. The van der Waals surface area contributed by atoms with Gasteiger partial charge in [0.25, 0.3) is 0 Å². The molecule has 1 aromatic heterocycles. The van der Waals surface area contributed by atoms with E-state index in [0.717, 1.165) is 19.5 Å². The number of fused-ring (bicyclic) bond motifs is 1. The van der Waals surface area contributed by atoms with E-state index in [1.807, 2.05) is 0 Å². The van der Waals surface area contributed by atoms with Gasteiger partial charge in [0.2, 0.25) is 0 Å². The fourth-order valence-electron chi connectivity index (χ4n) is 3.08. The molecule has 4 nitrogen and oxygen atoms in total. The predicted octanol–water partition coefficient (Wildman–Crippen LogP) is 2.07. The van der Waals surface area contributed by atoms with Gasteiger partial charge in [0, 0.05) is 19.5 Å². The molecule has 1 N–H and O–H groups in total. The molecule has 1 saturated carbocycles. The number of rotatable bonds is 1. The number of nitrogens with zero attached hydrogens (tertiary/aromatic N) is 3. The Bertz CT molecular complexity index is 398. The number of hydrogen-bond acceptors (Lipinski definition) is 3. The molecule has 2 aliphatic rings. The summed E-state index contributed by atoms with van der Waals surface area (Å²) in [6.07, 6.45) is 6.23. The first kappa shape index (κ1) is 11.2. The highest BCUT2D eigenvalue weighted by Gasteiger charge is 2.30. The third-order valence-electron chi connectivity index (χ3n) is 4.36. The van der Waals surface area contributed by atoms with Gasteiger partial charge in [-0.15, -0.1) is 5.10 Å². The second-order valence-corrected chi connectivity index (χ2v) is 6.25. The van der Waals surface area contributed by atoms with E-state index in [-0.39, 0.29) is 0 Å². The smallest absolute Gasteiger partial charge is 0.0997 e. The van der Waals surface area contributed by atoms with Crippen LogP contribution in [-0.4, -0.2) is 21.5 Å². The molecule has 4 heteroatoms. The Morgan fingerprint density at radius 2 is 2.06 bits per heavy atom. The molecule has 0 unspecified atom stereocenters. The predicted molar refractivity (Wildman–Crippen MR) is 66.7 cm³/mol. The summed E-state index contributed by atoms with van der Waals surface area (Å²) >= 11 is 0. The van der Waals surface area contributed by atoms with E-state index in [2.05, 4.69) is 34.2 Å². The van der Waals surface area contributed by atoms with E-state index in [0.29, 0.717) is 11.5 Å². The maximum absolute atomic E-state index is 4.40. The minimum atomic E-state index is 0.526. The van der Waals surface area contributed by atoms with Crippen LogP contribution in [0.4, 0.5) is 0 Å². The molecule has 0 atom stereocenters. The molecule has 1 fully saturated rings. The molecule has 0 amide bonds. The van der Waals surface area contributed by atoms with Crippen LogP contribution in [0.3, 0.4) is 0 Å². The zero-order valence-electron chi connectivity index (χ0n) is 10.9. The lowest BCUT2D eigenvalue weighted by Crippen LogP contribution is -2.28.